The molecule has 2 nitrogen and oxygen atoms in total. The zero-order valence-corrected chi connectivity index (χ0v) is 7.71. The van der Waals surface area contributed by atoms with Crippen LogP contribution in [0.2, 0.25) is 0 Å². The third-order valence-corrected chi connectivity index (χ3v) is 1.67. The molecule has 68 valence electrons. The Kier molecular flexibility index (Phi) is 3.87. The summed E-state index contributed by atoms with van der Waals surface area (Å²) in [5.41, 5.74) is 6.55. The lowest BCUT2D eigenvalue weighted by molar-refractivity contribution is 0.366. The molecule has 13 heavy (non-hydrogen) atoms. The number of hydrogen-bond donors (Lipinski definition) is 1. The van der Waals surface area contributed by atoms with Crippen LogP contribution in [0.15, 0.2) is 24.3 Å². The fourth-order valence-corrected chi connectivity index (χ4v) is 0.999. The van der Waals surface area contributed by atoms with Gasteiger partial charge in [0.15, 0.2) is 0 Å². The van der Waals surface area contributed by atoms with E-state index in [2.05, 4.69) is 11.8 Å². The van der Waals surface area contributed by atoms with Crippen LogP contribution in [-0.4, -0.2) is 6.61 Å². The Hall–Kier alpha value is -1.46. The molecule has 0 aliphatic carbocycles. The number of ether oxygens (including phenoxy) is 1. The van der Waals surface area contributed by atoms with Crippen molar-refractivity contribution in [2.75, 3.05) is 6.61 Å². The summed E-state index contributed by atoms with van der Waals surface area (Å²) in [6.45, 7) is 2.71. The van der Waals surface area contributed by atoms with Crippen LogP contribution in [-0.2, 0) is 6.54 Å². The van der Waals surface area contributed by atoms with Gasteiger partial charge in [0.05, 0.1) is 0 Å². The van der Waals surface area contributed by atoms with Gasteiger partial charge in [0.1, 0.15) is 12.4 Å². The molecular formula is C11H13NO. The van der Waals surface area contributed by atoms with Crippen LogP contribution in [0.1, 0.15) is 12.5 Å². The van der Waals surface area contributed by atoms with E-state index in [1.54, 1.807) is 6.92 Å². The maximum absolute atomic E-state index is 5.54. The fourth-order valence-electron chi connectivity index (χ4n) is 0.999. The molecule has 0 radical (unpaired) electrons. The summed E-state index contributed by atoms with van der Waals surface area (Å²) in [7, 11) is 0. The molecule has 2 heteroatoms. The van der Waals surface area contributed by atoms with Crippen molar-refractivity contribution in [3.05, 3.63) is 29.8 Å². The molecule has 0 aliphatic heterocycles. The first-order valence-electron chi connectivity index (χ1n) is 4.19. The van der Waals surface area contributed by atoms with Crippen molar-refractivity contribution < 1.29 is 4.74 Å². The summed E-state index contributed by atoms with van der Waals surface area (Å²) in [6.07, 6.45) is 0. The van der Waals surface area contributed by atoms with Crippen molar-refractivity contribution in [2.45, 2.75) is 13.5 Å². The number of nitrogens with two attached hydrogens (primary N) is 1. The van der Waals surface area contributed by atoms with E-state index in [1.165, 1.54) is 0 Å². The first kappa shape index (κ1) is 9.63. The molecule has 0 atom stereocenters. The molecule has 0 bridgehead atoms. The molecule has 0 fully saturated rings. The molecule has 0 saturated heterocycles. The molecule has 0 heterocycles. The summed E-state index contributed by atoms with van der Waals surface area (Å²) in [5, 5.41) is 0. The summed E-state index contributed by atoms with van der Waals surface area (Å²) in [5.74, 6) is 6.43. The number of hydrogen-bond acceptors (Lipinski definition) is 2. The molecule has 0 unspecified atom stereocenters. The normalized spacial score (nSPS) is 8.77. The molecule has 0 amide bonds. The van der Waals surface area contributed by atoms with Crippen molar-refractivity contribution in [1.29, 1.82) is 0 Å². The number of rotatable bonds is 3. The van der Waals surface area contributed by atoms with Gasteiger partial charge in [-0.05, 0) is 13.0 Å². The standard InChI is InChI=1S/C11H13NO/c1-2-3-8-13-11-7-5-4-6-10(11)9-12/h4-7H,8-9,12H2,1H3. The maximum Gasteiger partial charge on any atom is 0.149 e. The highest BCUT2D eigenvalue weighted by Gasteiger charge is 1.98. The summed E-state index contributed by atoms with van der Waals surface area (Å²) < 4.78 is 5.41. The molecule has 1 aromatic rings. The fraction of sp³-hybridized carbons (Fsp3) is 0.273. The quantitative estimate of drug-likeness (QED) is 0.707. The van der Waals surface area contributed by atoms with E-state index in [0.717, 1.165) is 11.3 Å². The maximum atomic E-state index is 5.54. The van der Waals surface area contributed by atoms with Crippen LogP contribution in [0, 0.1) is 11.8 Å². The minimum absolute atomic E-state index is 0.424. The predicted molar refractivity (Wildman–Crippen MR) is 53.3 cm³/mol. The second-order valence-corrected chi connectivity index (χ2v) is 2.53. The van der Waals surface area contributed by atoms with Gasteiger partial charge < -0.3 is 10.5 Å². The Morgan fingerprint density at radius 2 is 2.15 bits per heavy atom. The van der Waals surface area contributed by atoms with E-state index in [9.17, 15) is 0 Å². The van der Waals surface area contributed by atoms with E-state index in [4.69, 9.17) is 10.5 Å². The van der Waals surface area contributed by atoms with E-state index in [-0.39, 0.29) is 0 Å². The van der Waals surface area contributed by atoms with Crippen LogP contribution in [0.3, 0.4) is 0 Å². The second kappa shape index (κ2) is 5.23. The molecule has 0 spiro atoms. The highest BCUT2D eigenvalue weighted by atomic mass is 16.5. The molecule has 1 rings (SSSR count). The van der Waals surface area contributed by atoms with E-state index < -0.39 is 0 Å². The van der Waals surface area contributed by atoms with Gasteiger partial charge >= 0.3 is 0 Å². The highest BCUT2D eigenvalue weighted by molar-refractivity contribution is 5.33. The lowest BCUT2D eigenvalue weighted by atomic mass is 10.2. The first-order valence-corrected chi connectivity index (χ1v) is 4.19. The Bertz CT molecular complexity index is 322. The lowest BCUT2D eigenvalue weighted by Crippen LogP contribution is -2.02. The summed E-state index contributed by atoms with van der Waals surface area (Å²) in [6, 6.07) is 7.72. The topological polar surface area (TPSA) is 35.2 Å². The van der Waals surface area contributed by atoms with Gasteiger partial charge in [0.25, 0.3) is 0 Å². The van der Waals surface area contributed by atoms with Crippen molar-refractivity contribution >= 4 is 0 Å². The molecule has 1 aromatic carbocycles. The van der Waals surface area contributed by atoms with Crippen LogP contribution >= 0.6 is 0 Å². The SMILES string of the molecule is CC#CCOc1ccccc1CN. The van der Waals surface area contributed by atoms with Crippen LogP contribution in [0.5, 0.6) is 5.75 Å². The third kappa shape index (κ3) is 2.81. The molecule has 0 saturated carbocycles. The average molecular weight is 175 g/mol. The predicted octanol–water partition coefficient (Wildman–Crippen LogP) is 1.55. The van der Waals surface area contributed by atoms with Gasteiger partial charge in [-0.2, -0.15) is 0 Å². The Morgan fingerprint density at radius 1 is 1.38 bits per heavy atom. The lowest BCUT2D eigenvalue weighted by Gasteiger charge is -2.06. The van der Waals surface area contributed by atoms with Gasteiger partial charge in [0, 0.05) is 12.1 Å². The van der Waals surface area contributed by atoms with Crippen molar-refractivity contribution in [2.24, 2.45) is 5.73 Å². The highest BCUT2D eigenvalue weighted by Crippen LogP contribution is 2.16. The zero-order chi connectivity index (χ0) is 9.52. The van der Waals surface area contributed by atoms with E-state index in [0.29, 0.717) is 13.2 Å². The average Bonchev–Trinajstić information content (AvgIpc) is 2.19. The van der Waals surface area contributed by atoms with Gasteiger partial charge in [-0.25, -0.2) is 0 Å². The smallest absolute Gasteiger partial charge is 0.149 e. The summed E-state index contributed by atoms with van der Waals surface area (Å²) in [4.78, 5) is 0. The van der Waals surface area contributed by atoms with Gasteiger partial charge in [-0.15, -0.1) is 5.92 Å². The molecule has 2 N–H and O–H groups in total. The number of para-hydroxylation sites is 1. The van der Waals surface area contributed by atoms with Crippen molar-refractivity contribution in [3.63, 3.8) is 0 Å². The van der Waals surface area contributed by atoms with Crippen LogP contribution < -0.4 is 10.5 Å². The Balaban J connectivity index is 2.67. The van der Waals surface area contributed by atoms with Gasteiger partial charge in [-0.1, -0.05) is 24.1 Å². The summed E-state index contributed by atoms with van der Waals surface area (Å²) >= 11 is 0. The molecule has 0 aliphatic rings. The van der Waals surface area contributed by atoms with Crippen molar-refractivity contribution in [3.8, 4) is 17.6 Å². The number of benzene rings is 1. The largest absolute Gasteiger partial charge is 0.481 e. The van der Waals surface area contributed by atoms with Gasteiger partial charge in [-0.3, -0.25) is 0 Å². The van der Waals surface area contributed by atoms with Crippen LogP contribution in [0.4, 0.5) is 0 Å². The molecule has 0 aromatic heterocycles. The Morgan fingerprint density at radius 3 is 2.85 bits per heavy atom. The van der Waals surface area contributed by atoms with E-state index >= 15 is 0 Å². The monoisotopic (exact) mass is 175 g/mol. The van der Waals surface area contributed by atoms with E-state index in [1.807, 2.05) is 24.3 Å². The second-order valence-electron chi connectivity index (χ2n) is 2.53. The van der Waals surface area contributed by atoms with Crippen molar-refractivity contribution in [1.82, 2.24) is 0 Å². The molecular weight excluding hydrogens is 162 g/mol. The zero-order valence-electron chi connectivity index (χ0n) is 7.71. The Labute approximate surface area is 78.7 Å². The third-order valence-electron chi connectivity index (χ3n) is 1.67. The first-order chi connectivity index (χ1) is 6.38. The minimum atomic E-state index is 0.424. The van der Waals surface area contributed by atoms with Gasteiger partial charge in [0.2, 0.25) is 0 Å². The van der Waals surface area contributed by atoms with Crippen LogP contribution in [0.25, 0.3) is 0 Å². The minimum Gasteiger partial charge on any atom is -0.481 e.